The molecule has 0 bridgehead atoms. The number of hydrogen-bond donors (Lipinski definition) is 2. The minimum absolute atomic E-state index is 0.183. The average molecular weight is 303 g/mol. The summed E-state index contributed by atoms with van der Waals surface area (Å²) >= 11 is 1.27. The smallest absolute Gasteiger partial charge is 0.345 e. The van der Waals surface area contributed by atoms with Crippen molar-refractivity contribution in [2.75, 3.05) is 18.1 Å². The average Bonchev–Trinajstić information content (AvgIpc) is 2.83. The van der Waals surface area contributed by atoms with Gasteiger partial charge in [-0.3, -0.25) is 0 Å². The molecule has 5 nitrogen and oxygen atoms in total. The SMILES string of the molecule is Cc1sc(C(=O)O)cc1CNCC1CCS(=O)(=O)C1. The summed E-state index contributed by atoms with van der Waals surface area (Å²) in [6, 6.07) is 1.68. The van der Waals surface area contributed by atoms with Crippen LogP contribution in [0.2, 0.25) is 0 Å². The van der Waals surface area contributed by atoms with Crippen molar-refractivity contribution in [1.82, 2.24) is 5.32 Å². The predicted molar refractivity (Wildman–Crippen MR) is 74.5 cm³/mol. The highest BCUT2D eigenvalue weighted by atomic mass is 32.2. The summed E-state index contributed by atoms with van der Waals surface area (Å²) in [5.74, 6) is -0.160. The van der Waals surface area contributed by atoms with E-state index in [4.69, 9.17) is 5.11 Å². The second-order valence-electron chi connectivity index (χ2n) is 4.90. The van der Waals surface area contributed by atoms with Gasteiger partial charge in [0, 0.05) is 11.4 Å². The molecule has 1 aliphatic heterocycles. The van der Waals surface area contributed by atoms with E-state index in [2.05, 4.69) is 5.32 Å². The first-order valence-electron chi connectivity index (χ1n) is 6.11. The van der Waals surface area contributed by atoms with Crippen LogP contribution in [0, 0.1) is 12.8 Å². The van der Waals surface area contributed by atoms with Crippen LogP contribution >= 0.6 is 11.3 Å². The van der Waals surface area contributed by atoms with Gasteiger partial charge in [-0.15, -0.1) is 11.3 Å². The van der Waals surface area contributed by atoms with Gasteiger partial charge >= 0.3 is 5.97 Å². The molecule has 1 atom stereocenters. The Kier molecular flexibility index (Phi) is 4.27. The van der Waals surface area contributed by atoms with E-state index in [1.165, 1.54) is 11.3 Å². The van der Waals surface area contributed by atoms with Crippen LogP contribution in [0.15, 0.2) is 6.07 Å². The van der Waals surface area contributed by atoms with Gasteiger partial charge in [0.15, 0.2) is 9.84 Å². The summed E-state index contributed by atoms with van der Waals surface area (Å²) in [5.41, 5.74) is 0.975. The van der Waals surface area contributed by atoms with Crippen LogP contribution in [0.5, 0.6) is 0 Å². The van der Waals surface area contributed by atoms with Gasteiger partial charge in [0.25, 0.3) is 0 Å². The molecule has 0 amide bonds. The molecule has 1 aromatic heterocycles. The van der Waals surface area contributed by atoms with Gasteiger partial charge in [-0.05, 0) is 37.4 Å². The zero-order valence-corrected chi connectivity index (χ0v) is 12.3. The van der Waals surface area contributed by atoms with E-state index in [0.717, 1.165) is 16.9 Å². The van der Waals surface area contributed by atoms with Crippen molar-refractivity contribution >= 4 is 27.1 Å². The van der Waals surface area contributed by atoms with Crippen LogP contribution in [-0.2, 0) is 16.4 Å². The Balaban J connectivity index is 1.85. The van der Waals surface area contributed by atoms with E-state index >= 15 is 0 Å². The number of thiophene rings is 1. The summed E-state index contributed by atoms with van der Waals surface area (Å²) in [6.45, 7) is 3.15. The van der Waals surface area contributed by atoms with Crippen LogP contribution in [-0.4, -0.2) is 37.5 Å². The minimum atomic E-state index is -2.82. The van der Waals surface area contributed by atoms with E-state index in [1.54, 1.807) is 6.07 Å². The Morgan fingerprint density at radius 1 is 1.58 bits per heavy atom. The number of rotatable bonds is 5. The van der Waals surface area contributed by atoms with Crippen molar-refractivity contribution in [2.24, 2.45) is 5.92 Å². The molecule has 2 N–H and O–H groups in total. The highest BCUT2D eigenvalue weighted by molar-refractivity contribution is 7.91. The third-order valence-electron chi connectivity index (χ3n) is 3.31. The largest absolute Gasteiger partial charge is 0.477 e. The van der Waals surface area contributed by atoms with E-state index in [-0.39, 0.29) is 11.7 Å². The predicted octanol–water partition coefficient (Wildman–Crippen LogP) is 1.28. The molecule has 1 fully saturated rings. The first-order chi connectivity index (χ1) is 8.87. The molecule has 1 aliphatic rings. The summed E-state index contributed by atoms with van der Waals surface area (Å²) in [7, 11) is -2.82. The molecule has 1 unspecified atom stereocenters. The first kappa shape index (κ1) is 14.5. The van der Waals surface area contributed by atoms with Crippen LogP contribution in [0.1, 0.15) is 26.5 Å². The monoisotopic (exact) mass is 303 g/mol. The molecule has 0 saturated carbocycles. The lowest BCUT2D eigenvalue weighted by atomic mass is 10.1. The van der Waals surface area contributed by atoms with Crippen molar-refractivity contribution in [3.8, 4) is 0 Å². The standard InChI is InChI=1S/C12H17NO4S2/c1-8-10(4-11(18-8)12(14)15)6-13-5-9-2-3-19(16,17)7-9/h4,9,13H,2-3,5-7H2,1H3,(H,14,15). The van der Waals surface area contributed by atoms with Gasteiger partial charge in [0.1, 0.15) is 4.88 Å². The molecule has 19 heavy (non-hydrogen) atoms. The molecular weight excluding hydrogens is 286 g/mol. The topological polar surface area (TPSA) is 83.5 Å². The molecule has 2 heterocycles. The molecule has 0 radical (unpaired) electrons. The second-order valence-corrected chi connectivity index (χ2v) is 8.38. The van der Waals surface area contributed by atoms with Crippen molar-refractivity contribution in [3.05, 3.63) is 21.4 Å². The molecule has 7 heteroatoms. The number of aromatic carboxylic acids is 1. The Morgan fingerprint density at radius 3 is 2.84 bits per heavy atom. The summed E-state index contributed by atoms with van der Waals surface area (Å²) in [6.07, 6.45) is 0.721. The maximum Gasteiger partial charge on any atom is 0.345 e. The fourth-order valence-corrected chi connectivity index (χ4v) is 4.99. The molecular formula is C12H17NO4S2. The number of carboxylic acids is 1. The van der Waals surface area contributed by atoms with E-state index in [1.807, 2.05) is 6.92 Å². The van der Waals surface area contributed by atoms with Gasteiger partial charge in [-0.1, -0.05) is 0 Å². The summed E-state index contributed by atoms with van der Waals surface area (Å²) in [4.78, 5) is 12.2. The zero-order chi connectivity index (χ0) is 14.0. The molecule has 0 spiro atoms. The highest BCUT2D eigenvalue weighted by Gasteiger charge is 2.27. The third-order valence-corrected chi connectivity index (χ3v) is 6.22. The fraction of sp³-hybridized carbons (Fsp3) is 0.583. The summed E-state index contributed by atoms with van der Waals surface area (Å²) in [5, 5.41) is 12.1. The quantitative estimate of drug-likeness (QED) is 0.856. The second kappa shape index (κ2) is 5.60. The lowest BCUT2D eigenvalue weighted by molar-refractivity contribution is 0.0702. The number of carbonyl (C=O) groups is 1. The van der Waals surface area contributed by atoms with Crippen molar-refractivity contribution in [1.29, 1.82) is 0 Å². The molecule has 0 aromatic carbocycles. The molecule has 1 saturated heterocycles. The minimum Gasteiger partial charge on any atom is -0.477 e. The van der Waals surface area contributed by atoms with Gasteiger partial charge < -0.3 is 10.4 Å². The maximum absolute atomic E-state index is 11.3. The van der Waals surface area contributed by atoms with Crippen LogP contribution in [0.25, 0.3) is 0 Å². The fourth-order valence-electron chi connectivity index (χ4n) is 2.24. The van der Waals surface area contributed by atoms with Gasteiger partial charge in [-0.25, -0.2) is 13.2 Å². The Morgan fingerprint density at radius 2 is 2.32 bits per heavy atom. The van der Waals surface area contributed by atoms with Crippen LogP contribution < -0.4 is 5.32 Å². The third kappa shape index (κ3) is 3.77. The van der Waals surface area contributed by atoms with Crippen molar-refractivity contribution in [2.45, 2.75) is 19.9 Å². The first-order valence-corrected chi connectivity index (χ1v) is 8.75. The molecule has 2 rings (SSSR count). The van der Waals surface area contributed by atoms with E-state index < -0.39 is 15.8 Å². The number of nitrogens with one attached hydrogen (secondary N) is 1. The number of carboxylic acid groups (broad SMARTS) is 1. The normalized spacial score (nSPS) is 21.6. The van der Waals surface area contributed by atoms with Gasteiger partial charge in [0.2, 0.25) is 0 Å². The highest BCUT2D eigenvalue weighted by Crippen LogP contribution is 2.22. The maximum atomic E-state index is 11.3. The Hall–Kier alpha value is -0.920. The Labute approximate surface area is 116 Å². The van der Waals surface area contributed by atoms with Crippen LogP contribution in [0.4, 0.5) is 0 Å². The Bertz CT molecular complexity index is 577. The van der Waals surface area contributed by atoms with Crippen molar-refractivity contribution < 1.29 is 18.3 Å². The van der Waals surface area contributed by atoms with Gasteiger partial charge in [0.05, 0.1) is 11.5 Å². The molecule has 0 aliphatic carbocycles. The number of hydrogen-bond acceptors (Lipinski definition) is 5. The van der Waals surface area contributed by atoms with Gasteiger partial charge in [-0.2, -0.15) is 0 Å². The zero-order valence-electron chi connectivity index (χ0n) is 10.7. The lowest BCUT2D eigenvalue weighted by Gasteiger charge is -2.09. The number of sulfone groups is 1. The van der Waals surface area contributed by atoms with Crippen LogP contribution in [0.3, 0.4) is 0 Å². The number of aryl methyl sites for hydroxylation is 1. The summed E-state index contributed by atoms with van der Waals surface area (Å²) < 4.78 is 22.6. The molecule has 106 valence electrons. The van der Waals surface area contributed by atoms with E-state index in [0.29, 0.717) is 23.7 Å². The van der Waals surface area contributed by atoms with E-state index in [9.17, 15) is 13.2 Å². The van der Waals surface area contributed by atoms with Crippen molar-refractivity contribution in [3.63, 3.8) is 0 Å². The lowest BCUT2D eigenvalue weighted by Crippen LogP contribution is -2.23. The molecule has 1 aromatic rings.